The van der Waals surface area contributed by atoms with E-state index in [4.69, 9.17) is 5.11 Å². The van der Waals surface area contributed by atoms with E-state index in [-0.39, 0.29) is 4.90 Å². The van der Waals surface area contributed by atoms with E-state index in [1.54, 1.807) is 25.1 Å². The Bertz CT molecular complexity index is 548. The fraction of sp³-hybridized carbons (Fsp3) is 0.308. The van der Waals surface area contributed by atoms with Gasteiger partial charge in [-0.05, 0) is 19.1 Å². The van der Waals surface area contributed by atoms with E-state index in [1.807, 2.05) is 0 Å². The lowest BCUT2D eigenvalue weighted by molar-refractivity contribution is -0.137. The van der Waals surface area contributed by atoms with Crippen molar-refractivity contribution in [1.29, 1.82) is 0 Å². The van der Waals surface area contributed by atoms with Crippen LogP contribution in [-0.2, 0) is 14.6 Å². The molecule has 19 heavy (non-hydrogen) atoms. The van der Waals surface area contributed by atoms with Crippen LogP contribution >= 0.6 is 0 Å². The Balaban J connectivity index is 3.20. The normalized spacial score (nSPS) is 15.3. The van der Waals surface area contributed by atoms with E-state index in [1.165, 1.54) is 24.3 Å². The summed E-state index contributed by atoms with van der Waals surface area (Å²) in [5.74, 6) is -1.27. The first-order chi connectivity index (χ1) is 8.89. The minimum absolute atomic E-state index is 0.00445. The summed E-state index contributed by atoms with van der Waals surface area (Å²) in [6, 6.07) is 7.52. The fourth-order valence-electron chi connectivity index (χ4n) is 1.69. The molecule has 1 rings (SSSR count). The predicted octanol–water partition coefficient (Wildman–Crippen LogP) is 1.24. The second-order valence-corrected chi connectivity index (χ2v) is 6.18. The van der Waals surface area contributed by atoms with Crippen molar-refractivity contribution in [3.05, 3.63) is 42.5 Å². The maximum absolute atomic E-state index is 12.3. The molecule has 0 aliphatic heterocycles. The average Bonchev–Trinajstić information content (AvgIpc) is 2.37. The topological polar surface area (TPSA) is 91.7 Å². The van der Waals surface area contributed by atoms with Crippen molar-refractivity contribution in [2.24, 2.45) is 0 Å². The van der Waals surface area contributed by atoms with Gasteiger partial charge in [-0.15, -0.1) is 0 Å². The Morgan fingerprint density at radius 2 is 1.89 bits per heavy atom. The number of carboxylic acids is 1. The molecule has 0 aliphatic carbocycles. The van der Waals surface area contributed by atoms with Crippen LogP contribution in [0.5, 0.6) is 0 Å². The van der Waals surface area contributed by atoms with Gasteiger partial charge in [0.05, 0.1) is 17.4 Å². The highest BCUT2D eigenvalue weighted by molar-refractivity contribution is 7.92. The van der Waals surface area contributed by atoms with E-state index in [9.17, 15) is 18.3 Å². The van der Waals surface area contributed by atoms with Crippen molar-refractivity contribution in [3.63, 3.8) is 0 Å². The lowest BCUT2D eigenvalue weighted by Crippen LogP contribution is -2.35. The van der Waals surface area contributed by atoms with E-state index < -0.39 is 33.6 Å². The molecule has 0 saturated heterocycles. The number of hydrogen-bond acceptors (Lipinski definition) is 4. The van der Waals surface area contributed by atoms with Crippen LogP contribution in [0.1, 0.15) is 13.3 Å². The fourth-order valence-corrected chi connectivity index (χ4v) is 3.40. The second-order valence-electron chi connectivity index (χ2n) is 4.01. The molecule has 0 radical (unpaired) electrons. The molecule has 6 heteroatoms. The molecule has 1 aromatic rings. The van der Waals surface area contributed by atoms with Crippen molar-refractivity contribution in [1.82, 2.24) is 0 Å². The molecule has 0 amide bonds. The van der Waals surface area contributed by atoms with Crippen molar-refractivity contribution in [2.45, 2.75) is 29.6 Å². The van der Waals surface area contributed by atoms with Crippen LogP contribution < -0.4 is 0 Å². The highest BCUT2D eigenvalue weighted by atomic mass is 32.2. The van der Waals surface area contributed by atoms with Gasteiger partial charge in [-0.2, -0.15) is 0 Å². The smallest absolute Gasteiger partial charge is 0.304 e. The molecule has 0 aliphatic rings. The number of aliphatic hydroxyl groups excluding tert-OH is 1. The minimum Gasteiger partial charge on any atom is -0.481 e. The van der Waals surface area contributed by atoms with Gasteiger partial charge in [0, 0.05) is 0 Å². The SMILES string of the molecule is C/C=C/C(O)C(CC(=O)O)S(=O)(=O)c1ccccc1. The summed E-state index contributed by atoms with van der Waals surface area (Å²) in [7, 11) is -3.90. The standard InChI is InChI=1S/C13H16O5S/c1-2-6-11(14)12(9-13(15)16)19(17,18)10-7-4-3-5-8-10/h2-8,11-12,14H,9H2,1H3,(H,15,16)/b6-2+. The van der Waals surface area contributed by atoms with Gasteiger partial charge in [-0.1, -0.05) is 30.4 Å². The van der Waals surface area contributed by atoms with Crippen LogP contribution in [0.4, 0.5) is 0 Å². The molecule has 1 aromatic carbocycles. The van der Waals surface area contributed by atoms with Gasteiger partial charge in [0.2, 0.25) is 0 Å². The molecule has 5 nitrogen and oxygen atoms in total. The number of carbonyl (C=O) groups is 1. The third-order valence-corrected chi connectivity index (χ3v) is 4.79. The molecule has 0 saturated carbocycles. The molecular weight excluding hydrogens is 268 g/mol. The van der Waals surface area contributed by atoms with E-state index in [0.29, 0.717) is 0 Å². The summed E-state index contributed by atoms with van der Waals surface area (Å²) in [6.45, 7) is 1.62. The third kappa shape index (κ3) is 3.90. The Morgan fingerprint density at radius 3 is 2.37 bits per heavy atom. The van der Waals surface area contributed by atoms with Crippen molar-refractivity contribution in [3.8, 4) is 0 Å². The van der Waals surface area contributed by atoms with Gasteiger partial charge in [-0.3, -0.25) is 4.79 Å². The Hall–Kier alpha value is -1.66. The van der Waals surface area contributed by atoms with Gasteiger partial charge in [0.1, 0.15) is 5.25 Å². The van der Waals surface area contributed by atoms with Gasteiger partial charge >= 0.3 is 5.97 Å². The maximum atomic E-state index is 12.3. The highest BCUT2D eigenvalue weighted by Gasteiger charge is 2.34. The zero-order chi connectivity index (χ0) is 14.5. The summed E-state index contributed by atoms with van der Waals surface area (Å²) < 4.78 is 24.7. The molecule has 0 spiro atoms. The molecule has 0 heterocycles. The first kappa shape index (κ1) is 15.4. The second kappa shape index (κ2) is 6.49. The molecule has 2 unspecified atom stereocenters. The summed E-state index contributed by atoms with van der Waals surface area (Å²) in [4.78, 5) is 10.8. The van der Waals surface area contributed by atoms with Crippen LogP contribution in [0.15, 0.2) is 47.4 Å². The molecular formula is C13H16O5S. The molecule has 0 bridgehead atoms. The minimum atomic E-state index is -3.90. The van der Waals surface area contributed by atoms with E-state index >= 15 is 0 Å². The maximum Gasteiger partial charge on any atom is 0.304 e. The first-order valence-electron chi connectivity index (χ1n) is 5.71. The first-order valence-corrected chi connectivity index (χ1v) is 7.26. The number of allylic oxidation sites excluding steroid dienone is 1. The lowest BCUT2D eigenvalue weighted by Gasteiger charge is -2.19. The van der Waals surface area contributed by atoms with Crippen LogP contribution in [0.25, 0.3) is 0 Å². The quantitative estimate of drug-likeness (QED) is 0.767. The monoisotopic (exact) mass is 284 g/mol. The van der Waals surface area contributed by atoms with Crippen LogP contribution in [0.2, 0.25) is 0 Å². The van der Waals surface area contributed by atoms with Gasteiger partial charge in [-0.25, -0.2) is 8.42 Å². The largest absolute Gasteiger partial charge is 0.481 e. The number of sulfone groups is 1. The summed E-state index contributed by atoms with van der Waals surface area (Å²) in [5, 5.41) is 17.2. The Morgan fingerprint density at radius 1 is 1.32 bits per heavy atom. The number of aliphatic carboxylic acids is 1. The average molecular weight is 284 g/mol. The third-order valence-electron chi connectivity index (χ3n) is 2.62. The lowest BCUT2D eigenvalue weighted by atomic mass is 10.2. The number of aliphatic hydroxyl groups is 1. The van der Waals surface area contributed by atoms with E-state index in [2.05, 4.69) is 0 Å². The Labute approximate surface area is 112 Å². The van der Waals surface area contributed by atoms with Crippen molar-refractivity contribution < 1.29 is 23.4 Å². The predicted molar refractivity (Wildman–Crippen MR) is 70.5 cm³/mol. The molecule has 0 fully saturated rings. The molecule has 2 atom stereocenters. The van der Waals surface area contributed by atoms with Crippen LogP contribution in [0, 0.1) is 0 Å². The van der Waals surface area contributed by atoms with Crippen molar-refractivity contribution >= 4 is 15.8 Å². The molecule has 0 aromatic heterocycles. The Kier molecular flexibility index (Phi) is 5.26. The number of benzene rings is 1. The summed E-state index contributed by atoms with van der Waals surface area (Å²) in [5.41, 5.74) is 0. The van der Waals surface area contributed by atoms with Gasteiger partial charge < -0.3 is 10.2 Å². The zero-order valence-corrected chi connectivity index (χ0v) is 11.2. The van der Waals surface area contributed by atoms with E-state index in [0.717, 1.165) is 0 Å². The molecule has 2 N–H and O–H groups in total. The summed E-state index contributed by atoms with van der Waals surface area (Å²) >= 11 is 0. The number of hydrogen-bond donors (Lipinski definition) is 2. The van der Waals surface area contributed by atoms with Crippen molar-refractivity contribution in [2.75, 3.05) is 0 Å². The van der Waals surface area contributed by atoms with Gasteiger partial charge in [0.15, 0.2) is 9.84 Å². The summed E-state index contributed by atoms with van der Waals surface area (Å²) in [6.07, 6.45) is 0.753. The van der Waals surface area contributed by atoms with Crippen LogP contribution in [0.3, 0.4) is 0 Å². The number of carboxylic acid groups (broad SMARTS) is 1. The highest BCUT2D eigenvalue weighted by Crippen LogP contribution is 2.21. The van der Waals surface area contributed by atoms with Gasteiger partial charge in [0.25, 0.3) is 0 Å². The zero-order valence-electron chi connectivity index (χ0n) is 10.4. The number of rotatable bonds is 6. The van der Waals surface area contributed by atoms with Crippen LogP contribution in [-0.4, -0.2) is 36.0 Å². The molecule has 104 valence electrons.